The zero-order valence-electron chi connectivity index (χ0n) is 15.4. The zero-order chi connectivity index (χ0) is 20.1. The molecule has 0 saturated heterocycles. The second kappa shape index (κ2) is 8.31. The first kappa shape index (κ1) is 19.9. The van der Waals surface area contributed by atoms with Crippen LogP contribution in [0.2, 0.25) is 0 Å². The van der Waals surface area contributed by atoms with Crippen LogP contribution in [0.3, 0.4) is 0 Å². The van der Waals surface area contributed by atoms with Crippen LogP contribution in [-0.4, -0.2) is 19.6 Å². The number of rotatable bonds is 7. The standard InChI is InChI=1S/C19H22N4O4/c1-5-9-21-17(25)22(10-6-2)19(27)23(18(21)26)12-16(24)20-15-8-7-13(3)11-14(15)4/h5-8,11H,1-2,9-10,12H2,3-4H3,(H,20,24). The van der Waals surface area contributed by atoms with E-state index in [4.69, 9.17) is 0 Å². The minimum atomic E-state index is -0.860. The van der Waals surface area contributed by atoms with Gasteiger partial charge >= 0.3 is 17.1 Å². The molecule has 1 amide bonds. The van der Waals surface area contributed by atoms with Crippen LogP contribution in [0.15, 0.2) is 57.9 Å². The van der Waals surface area contributed by atoms with E-state index in [0.29, 0.717) is 5.69 Å². The van der Waals surface area contributed by atoms with Crippen molar-refractivity contribution >= 4 is 11.6 Å². The molecule has 1 aromatic carbocycles. The maximum absolute atomic E-state index is 12.5. The Morgan fingerprint density at radius 2 is 1.48 bits per heavy atom. The van der Waals surface area contributed by atoms with E-state index in [1.807, 2.05) is 26.0 Å². The summed E-state index contributed by atoms with van der Waals surface area (Å²) in [5, 5.41) is 2.68. The van der Waals surface area contributed by atoms with Crippen LogP contribution in [0, 0.1) is 13.8 Å². The lowest BCUT2D eigenvalue weighted by atomic mass is 10.1. The quantitative estimate of drug-likeness (QED) is 0.730. The molecule has 142 valence electrons. The summed E-state index contributed by atoms with van der Waals surface area (Å²) in [5.41, 5.74) is 0.00391. The van der Waals surface area contributed by atoms with Crippen molar-refractivity contribution < 1.29 is 4.79 Å². The molecule has 2 rings (SSSR count). The van der Waals surface area contributed by atoms with Gasteiger partial charge in [0.25, 0.3) is 0 Å². The lowest BCUT2D eigenvalue weighted by Gasteiger charge is -2.13. The van der Waals surface area contributed by atoms with Gasteiger partial charge in [0.15, 0.2) is 0 Å². The van der Waals surface area contributed by atoms with Crippen molar-refractivity contribution in [2.24, 2.45) is 0 Å². The van der Waals surface area contributed by atoms with Gasteiger partial charge in [0, 0.05) is 5.69 Å². The molecule has 0 aliphatic carbocycles. The number of aryl methyl sites for hydroxylation is 2. The molecule has 0 unspecified atom stereocenters. The number of nitrogens with one attached hydrogen (secondary N) is 1. The van der Waals surface area contributed by atoms with Gasteiger partial charge in [0.2, 0.25) is 5.91 Å². The third-order valence-corrected chi connectivity index (χ3v) is 3.97. The number of carbonyl (C=O) groups is 1. The molecule has 1 heterocycles. The SMILES string of the molecule is C=CCn1c(=O)n(CC=C)c(=O)n(CC(=O)Nc2ccc(C)cc2C)c1=O. The van der Waals surface area contributed by atoms with Crippen molar-refractivity contribution in [1.29, 1.82) is 0 Å². The van der Waals surface area contributed by atoms with Crippen molar-refractivity contribution in [1.82, 2.24) is 13.7 Å². The van der Waals surface area contributed by atoms with Crippen LogP contribution in [0.4, 0.5) is 5.69 Å². The molecule has 1 N–H and O–H groups in total. The molecule has 8 heteroatoms. The number of anilines is 1. The predicted octanol–water partition coefficient (Wildman–Crippen LogP) is 0.799. The maximum Gasteiger partial charge on any atom is 0.337 e. The average Bonchev–Trinajstić information content (AvgIpc) is 2.62. The third-order valence-electron chi connectivity index (χ3n) is 3.97. The lowest BCUT2D eigenvalue weighted by Crippen LogP contribution is -2.55. The highest BCUT2D eigenvalue weighted by Crippen LogP contribution is 2.15. The minimum absolute atomic E-state index is 0.0756. The fraction of sp³-hybridized carbons (Fsp3) is 0.263. The van der Waals surface area contributed by atoms with Crippen LogP contribution in [-0.2, 0) is 24.4 Å². The van der Waals surface area contributed by atoms with Gasteiger partial charge in [-0.3, -0.25) is 4.79 Å². The molecule has 0 fully saturated rings. The highest BCUT2D eigenvalue weighted by molar-refractivity contribution is 5.91. The monoisotopic (exact) mass is 370 g/mol. The van der Waals surface area contributed by atoms with Gasteiger partial charge < -0.3 is 5.32 Å². The van der Waals surface area contributed by atoms with E-state index in [1.165, 1.54) is 12.2 Å². The molecule has 27 heavy (non-hydrogen) atoms. The summed E-state index contributed by atoms with van der Waals surface area (Å²) in [6.07, 6.45) is 2.73. The summed E-state index contributed by atoms with van der Waals surface area (Å²) in [4.78, 5) is 49.7. The molecule has 8 nitrogen and oxygen atoms in total. The number of aromatic nitrogens is 3. The Bertz CT molecular complexity index is 1020. The van der Waals surface area contributed by atoms with Crippen LogP contribution in [0.5, 0.6) is 0 Å². The van der Waals surface area contributed by atoms with Gasteiger partial charge in [0.1, 0.15) is 6.54 Å². The molecule has 0 atom stereocenters. The molecular formula is C19H22N4O4. The van der Waals surface area contributed by atoms with Crippen LogP contribution in [0.25, 0.3) is 0 Å². The Morgan fingerprint density at radius 3 is 1.96 bits per heavy atom. The molecule has 0 spiro atoms. The molecule has 0 bridgehead atoms. The van der Waals surface area contributed by atoms with Crippen LogP contribution in [0.1, 0.15) is 11.1 Å². The predicted molar refractivity (Wildman–Crippen MR) is 104 cm³/mol. The summed E-state index contributed by atoms with van der Waals surface area (Å²) < 4.78 is 2.43. The highest BCUT2D eigenvalue weighted by atomic mass is 16.2. The average molecular weight is 370 g/mol. The molecule has 0 radical (unpaired) electrons. The Labute approximate surface area is 155 Å². The van der Waals surface area contributed by atoms with Crippen molar-refractivity contribution in [2.45, 2.75) is 33.5 Å². The van der Waals surface area contributed by atoms with E-state index in [2.05, 4.69) is 18.5 Å². The minimum Gasteiger partial charge on any atom is -0.324 e. The number of nitrogens with zero attached hydrogens (tertiary/aromatic N) is 3. The zero-order valence-corrected chi connectivity index (χ0v) is 15.4. The second-order valence-electron chi connectivity index (χ2n) is 6.10. The van der Waals surface area contributed by atoms with Crippen molar-refractivity contribution in [3.63, 3.8) is 0 Å². The van der Waals surface area contributed by atoms with E-state index in [1.54, 1.807) is 6.07 Å². The Balaban J connectivity index is 2.45. The van der Waals surface area contributed by atoms with Gasteiger partial charge in [0.05, 0.1) is 13.1 Å². The number of benzene rings is 1. The van der Waals surface area contributed by atoms with Gasteiger partial charge in [-0.25, -0.2) is 28.1 Å². The number of carbonyl (C=O) groups excluding carboxylic acids is 1. The number of hydrogen-bond acceptors (Lipinski definition) is 4. The van der Waals surface area contributed by atoms with E-state index < -0.39 is 29.5 Å². The van der Waals surface area contributed by atoms with Gasteiger partial charge in [-0.05, 0) is 25.5 Å². The first-order chi connectivity index (χ1) is 12.8. The van der Waals surface area contributed by atoms with Gasteiger partial charge in [-0.2, -0.15) is 0 Å². The fourth-order valence-corrected chi connectivity index (χ4v) is 2.68. The van der Waals surface area contributed by atoms with Gasteiger partial charge in [-0.15, -0.1) is 13.2 Å². The van der Waals surface area contributed by atoms with E-state index in [9.17, 15) is 19.2 Å². The molecule has 0 aliphatic rings. The van der Waals surface area contributed by atoms with E-state index in [0.717, 1.165) is 24.8 Å². The summed E-state index contributed by atoms with van der Waals surface area (Å²) in [6.45, 7) is 10.1. The Morgan fingerprint density at radius 1 is 0.963 bits per heavy atom. The summed E-state index contributed by atoms with van der Waals surface area (Å²) >= 11 is 0. The Hall–Kier alpha value is -3.42. The summed E-state index contributed by atoms with van der Waals surface area (Å²) in [5.74, 6) is -0.546. The van der Waals surface area contributed by atoms with Crippen molar-refractivity contribution in [2.75, 3.05) is 5.32 Å². The summed E-state index contributed by atoms with van der Waals surface area (Å²) in [7, 11) is 0. The first-order valence-corrected chi connectivity index (χ1v) is 8.33. The normalized spacial score (nSPS) is 10.4. The smallest absolute Gasteiger partial charge is 0.324 e. The Kier molecular flexibility index (Phi) is 6.12. The third kappa shape index (κ3) is 4.22. The number of allylic oxidation sites excluding steroid dienone is 2. The lowest BCUT2D eigenvalue weighted by molar-refractivity contribution is -0.116. The summed E-state index contributed by atoms with van der Waals surface area (Å²) in [6, 6.07) is 5.50. The molecule has 1 aromatic heterocycles. The first-order valence-electron chi connectivity index (χ1n) is 8.33. The van der Waals surface area contributed by atoms with Crippen molar-refractivity contribution in [3.05, 3.63) is 86.1 Å². The van der Waals surface area contributed by atoms with Crippen LogP contribution >= 0.6 is 0 Å². The second-order valence-corrected chi connectivity index (χ2v) is 6.10. The van der Waals surface area contributed by atoms with Crippen LogP contribution < -0.4 is 22.4 Å². The molecule has 0 aliphatic heterocycles. The molecule has 2 aromatic rings. The van der Waals surface area contributed by atoms with E-state index >= 15 is 0 Å². The maximum atomic E-state index is 12.5. The fourth-order valence-electron chi connectivity index (χ4n) is 2.68. The number of hydrogen-bond donors (Lipinski definition) is 1. The van der Waals surface area contributed by atoms with Gasteiger partial charge in [-0.1, -0.05) is 29.8 Å². The topological polar surface area (TPSA) is 95.1 Å². The molecule has 0 saturated carbocycles. The highest BCUT2D eigenvalue weighted by Gasteiger charge is 2.16. The molecular weight excluding hydrogens is 348 g/mol. The van der Waals surface area contributed by atoms with E-state index in [-0.39, 0.29) is 13.1 Å². The largest absolute Gasteiger partial charge is 0.337 e. The number of amides is 1. The van der Waals surface area contributed by atoms with Crippen molar-refractivity contribution in [3.8, 4) is 0 Å².